The minimum absolute atomic E-state index is 0.0421. The van der Waals surface area contributed by atoms with E-state index < -0.39 is 50.0 Å². The molecule has 0 saturated carbocycles. The van der Waals surface area contributed by atoms with Crippen LogP contribution in [0.4, 0.5) is 32.0 Å². The minimum atomic E-state index is -5.09. The zero-order valence-corrected chi connectivity index (χ0v) is 15.7. The molecule has 0 atom stereocenters. The fourth-order valence-corrected chi connectivity index (χ4v) is 3.05. The fourth-order valence-electron chi connectivity index (χ4n) is 2.08. The quantitative estimate of drug-likeness (QED) is 0.625. The summed E-state index contributed by atoms with van der Waals surface area (Å²) >= 11 is 2.95. The average Bonchev–Trinajstić information content (AvgIpc) is 2.52. The van der Waals surface area contributed by atoms with E-state index in [9.17, 15) is 39.6 Å². The maximum atomic E-state index is 12.9. The van der Waals surface area contributed by atoms with Gasteiger partial charge in [-0.1, -0.05) is 0 Å². The summed E-state index contributed by atoms with van der Waals surface area (Å²) in [6.07, 6.45) is -10.2. The van der Waals surface area contributed by atoms with Gasteiger partial charge in [-0.3, -0.25) is 4.79 Å². The Morgan fingerprint density at radius 2 is 1.43 bits per heavy atom. The summed E-state index contributed by atoms with van der Waals surface area (Å²) in [5.41, 5.74) is -4.37. The van der Waals surface area contributed by atoms with Crippen LogP contribution in [0.3, 0.4) is 0 Å². The van der Waals surface area contributed by atoms with Crippen LogP contribution in [0.1, 0.15) is 21.5 Å². The van der Waals surface area contributed by atoms with Crippen molar-refractivity contribution < 1.29 is 39.6 Å². The Morgan fingerprint density at radius 1 is 0.929 bits per heavy atom. The molecule has 0 fully saturated rings. The maximum absolute atomic E-state index is 12.9. The highest BCUT2D eigenvalue weighted by Gasteiger charge is 2.37. The van der Waals surface area contributed by atoms with Gasteiger partial charge in [-0.15, -0.1) is 0 Å². The van der Waals surface area contributed by atoms with Crippen LogP contribution < -0.4 is 10.5 Å². The predicted molar refractivity (Wildman–Crippen MR) is 89.9 cm³/mol. The molecule has 0 aliphatic rings. The Bertz CT molecular complexity index is 1000. The van der Waals surface area contributed by atoms with Crippen LogP contribution >= 0.6 is 15.9 Å². The summed E-state index contributed by atoms with van der Waals surface area (Å²) in [7, 11) is -4.20. The van der Waals surface area contributed by atoms with Crippen molar-refractivity contribution in [2.75, 3.05) is 5.32 Å². The molecule has 2 aromatic carbocycles. The van der Waals surface area contributed by atoms with E-state index in [1.54, 1.807) is 0 Å². The number of carbonyl (C=O) groups excluding carboxylic acids is 1. The highest BCUT2D eigenvalue weighted by Crippen LogP contribution is 2.37. The Labute approximate surface area is 162 Å². The van der Waals surface area contributed by atoms with Gasteiger partial charge in [0.2, 0.25) is 10.0 Å². The second kappa shape index (κ2) is 7.37. The molecule has 3 N–H and O–H groups in total. The first-order chi connectivity index (χ1) is 12.6. The van der Waals surface area contributed by atoms with Crippen LogP contribution in [0, 0.1) is 0 Å². The largest absolute Gasteiger partial charge is 0.416 e. The Balaban J connectivity index is 2.49. The van der Waals surface area contributed by atoms with Crippen LogP contribution in [0.25, 0.3) is 0 Å². The molecule has 2 rings (SSSR count). The molecule has 0 radical (unpaired) electrons. The van der Waals surface area contributed by atoms with Gasteiger partial charge in [-0.25, -0.2) is 13.6 Å². The number of nitrogens with one attached hydrogen (secondary N) is 1. The number of carbonyl (C=O) groups is 1. The van der Waals surface area contributed by atoms with Crippen molar-refractivity contribution in [3.05, 3.63) is 57.6 Å². The van der Waals surface area contributed by atoms with E-state index >= 15 is 0 Å². The number of alkyl halides is 6. The number of sulfonamides is 1. The fraction of sp³-hybridized carbons (Fsp3) is 0.133. The number of halogens is 7. The zero-order chi connectivity index (χ0) is 21.5. The number of hydrogen-bond acceptors (Lipinski definition) is 3. The van der Waals surface area contributed by atoms with E-state index in [-0.39, 0.29) is 16.1 Å². The van der Waals surface area contributed by atoms with Crippen LogP contribution in [0.15, 0.2) is 45.8 Å². The molecule has 0 aromatic heterocycles. The molecule has 0 saturated heterocycles. The lowest BCUT2D eigenvalue weighted by Gasteiger charge is -2.15. The molecule has 13 heteroatoms. The van der Waals surface area contributed by atoms with Crippen LogP contribution in [-0.4, -0.2) is 14.3 Å². The van der Waals surface area contributed by atoms with Crippen molar-refractivity contribution >= 4 is 37.5 Å². The van der Waals surface area contributed by atoms with Gasteiger partial charge in [0.15, 0.2) is 0 Å². The van der Waals surface area contributed by atoms with Crippen molar-refractivity contribution in [1.29, 1.82) is 0 Å². The van der Waals surface area contributed by atoms with E-state index in [4.69, 9.17) is 5.14 Å². The molecule has 152 valence electrons. The minimum Gasteiger partial charge on any atom is -0.322 e. The number of hydrogen-bond donors (Lipinski definition) is 2. The maximum Gasteiger partial charge on any atom is 0.416 e. The number of rotatable bonds is 3. The standard InChI is InChI=1S/C15H9BrF6N2O3S/c16-12-2-1-10(28(23,26)27)6-11(12)13(25)24-9-4-7(14(17,18)19)3-8(5-9)15(20,21)22/h1-6H,(H,24,25)(H2,23,26,27). The summed E-state index contributed by atoms with van der Waals surface area (Å²) in [5, 5.41) is 6.84. The SMILES string of the molecule is NS(=O)(=O)c1ccc(Br)c(C(=O)Nc2cc(C(F)(F)F)cc(C(F)(F)F)c2)c1. The third-order valence-corrected chi connectivity index (χ3v) is 4.96. The molecular weight excluding hydrogens is 482 g/mol. The molecule has 0 bridgehead atoms. The molecule has 2 aromatic rings. The summed E-state index contributed by atoms with van der Waals surface area (Å²) in [5.74, 6) is -1.15. The summed E-state index contributed by atoms with van der Waals surface area (Å²) in [4.78, 5) is 11.8. The van der Waals surface area contributed by atoms with Crippen molar-refractivity contribution in [3.63, 3.8) is 0 Å². The number of primary sulfonamides is 1. The third-order valence-electron chi connectivity index (χ3n) is 3.36. The summed E-state index contributed by atoms with van der Waals surface area (Å²) in [6, 6.07) is 3.58. The number of anilines is 1. The van der Waals surface area contributed by atoms with Gasteiger partial charge in [0.25, 0.3) is 5.91 Å². The highest BCUT2D eigenvalue weighted by molar-refractivity contribution is 9.10. The van der Waals surface area contributed by atoms with E-state index in [0.717, 1.165) is 18.2 Å². The monoisotopic (exact) mass is 490 g/mol. The third kappa shape index (κ3) is 5.23. The van der Waals surface area contributed by atoms with Crippen LogP contribution in [0.2, 0.25) is 0 Å². The first-order valence-electron chi connectivity index (χ1n) is 7.02. The summed E-state index contributed by atoms with van der Waals surface area (Å²) < 4.78 is 100. The Kier molecular flexibility index (Phi) is 5.83. The van der Waals surface area contributed by atoms with Gasteiger partial charge < -0.3 is 5.32 Å². The first kappa shape index (κ1) is 22.2. The summed E-state index contributed by atoms with van der Waals surface area (Å²) in [6.45, 7) is 0. The smallest absolute Gasteiger partial charge is 0.322 e. The van der Waals surface area contributed by atoms with Gasteiger partial charge in [-0.2, -0.15) is 26.3 Å². The molecule has 0 aliphatic carbocycles. The normalized spacial score (nSPS) is 12.7. The lowest BCUT2D eigenvalue weighted by molar-refractivity contribution is -0.143. The number of benzene rings is 2. The van der Waals surface area contributed by atoms with Crippen LogP contribution in [0.5, 0.6) is 0 Å². The first-order valence-corrected chi connectivity index (χ1v) is 9.36. The predicted octanol–water partition coefficient (Wildman–Crippen LogP) is 4.39. The molecule has 5 nitrogen and oxygen atoms in total. The Hall–Kier alpha value is -2.12. The van der Waals surface area contributed by atoms with Gasteiger partial charge in [0.1, 0.15) is 0 Å². The molecule has 0 heterocycles. The topological polar surface area (TPSA) is 89.3 Å². The average molecular weight is 491 g/mol. The number of amides is 1. The van der Waals surface area contributed by atoms with Gasteiger partial charge in [0, 0.05) is 10.2 Å². The zero-order valence-electron chi connectivity index (χ0n) is 13.3. The van der Waals surface area contributed by atoms with Gasteiger partial charge >= 0.3 is 12.4 Å². The van der Waals surface area contributed by atoms with E-state index in [1.807, 2.05) is 5.32 Å². The van der Waals surface area contributed by atoms with Gasteiger partial charge in [0.05, 0.1) is 21.6 Å². The molecule has 0 unspecified atom stereocenters. The van der Waals surface area contributed by atoms with Crippen molar-refractivity contribution in [2.45, 2.75) is 17.2 Å². The van der Waals surface area contributed by atoms with E-state index in [2.05, 4.69) is 15.9 Å². The Morgan fingerprint density at radius 3 is 1.86 bits per heavy atom. The van der Waals surface area contributed by atoms with Gasteiger partial charge in [-0.05, 0) is 52.3 Å². The number of nitrogens with two attached hydrogens (primary N) is 1. The van der Waals surface area contributed by atoms with E-state index in [0.29, 0.717) is 12.1 Å². The second-order valence-corrected chi connectivity index (χ2v) is 7.85. The van der Waals surface area contributed by atoms with Crippen molar-refractivity contribution in [1.82, 2.24) is 0 Å². The van der Waals surface area contributed by atoms with Crippen molar-refractivity contribution in [3.8, 4) is 0 Å². The molecule has 0 aliphatic heterocycles. The van der Waals surface area contributed by atoms with Crippen molar-refractivity contribution in [2.24, 2.45) is 5.14 Å². The van der Waals surface area contributed by atoms with E-state index in [1.165, 1.54) is 0 Å². The lowest BCUT2D eigenvalue weighted by atomic mass is 10.1. The highest BCUT2D eigenvalue weighted by atomic mass is 79.9. The molecular formula is C15H9BrF6N2O3S. The molecule has 1 amide bonds. The van der Waals surface area contributed by atoms with Crippen LogP contribution in [-0.2, 0) is 22.4 Å². The molecule has 0 spiro atoms. The second-order valence-electron chi connectivity index (χ2n) is 5.44. The molecule has 28 heavy (non-hydrogen) atoms. The lowest BCUT2D eigenvalue weighted by Crippen LogP contribution is -2.18.